The van der Waals surface area contributed by atoms with Crippen LogP contribution in [0.2, 0.25) is 19.1 Å². The lowest BCUT2D eigenvalue weighted by Gasteiger charge is -2.12. The predicted octanol–water partition coefficient (Wildman–Crippen LogP) is 4.27. The molecular formula is C12H23BrO2Si. The van der Waals surface area contributed by atoms with Gasteiger partial charge in [0.1, 0.15) is 6.69 Å². The second-order valence-corrected chi connectivity index (χ2v) is 14.9. The predicted molar refractivity (Wildman–Crippen MR) is 75.5 cm³/mol. The van der Waals surface area contributed by atoms with Gasteiger partial charge >= 0.3 is 5.97 Å². The third kappa shape index (κ3) is 12.0. The van der Waals surface area contributed by atoms with Gasteiger partial charge in [-0.15, -0.1) is 15.3 Å². The minimum Gasteiger partial charge on any atom is -0.463 e. The quantitative estimate of drug-likeness (QED) is 0.220. The molecule has 0 spiro atoms. The molecule has 0 saturated heterocycles. The topological polar surface area (TPSA) is 26.3 Å². The highest BCUT2D eigenvalue weighted by atomic mass is 79.9. The minimum atomic E-state index is -1.04. The van der Waals surface area contributed by atoms with Crippen LogP contribution in [0.15, 0.2) is 12.2 Å². The number of halogens is 1. The molecule has 0 radical (unpaired) electrons. The Kier molecular flexibility index (Phi) is 8.94. The van der Waals surface area contributed by atoms with E-state index in [1.807, 2.05) is 6.92 Å². The van der Waals surface area contributed by atoms with Gasteiger partial charge < -0.3 is 4.74 Å². The Morgan fingerprint density at radius 1 is 1.25 bits per heavy atom. The van der Waals surface area contributed by atoms with Crippen LogP contribution in [0.25, 0.3) is 0 Å². The summed E-state index contributed by atoms with van der Waals surface area (Å²) < 4.78 is 5.00. The van der Waals surface area contributed by atoms with Gasteiger partial charge in [-0.25, -0.2) is 4.79 Å². The van der Waals surface area contributed by atoms with Crippen molar-refractivity contribution < 1.29 is 9.53 Å². The van der Waals surface area contributed by atoms with E-state index < -0.39 is 6.69 Å². The van der Waals surface area contributed by atoms with E-state index in [2.05, 4.69) is 28.4 Å². The van der Waals surface area contributed by atoms with Gasteiger partial charge in [0.15, 0.2) is 0 Å². The normalized spacial score (nSPS) is 12.0. The molecule has 4 heteroatoms. The number of allylic oxidation sites excluding steroid dienone is 1. The van der Waals surface area contributed by atoms with Gasteiger partial charge in [0.2, 0.25) is 0 Å². The molecule has 0 aliphatic carbocycles. The van der Waals surface area contributed by atoms with Crippen LogP contribution in [0, 0.1) is 0 Å². The summed E-state index contributed by atoms with van der Waals surface area (Å²) in [7, 11) is 0. The van der Waals surface area contributed by atoms with Crippen LogP contribution in [0.4, 0.5) is 0 Å². The lowest BCUT2D eigenvalue weighted by Crippen LogP contribution is -2.14. The summed E-state index contributed by atoms with van der Waals surface area (Å²) in [5.74, 6) is -0.225. The standard InChI is InChI=1S/C12H23BrO2Si/c1-4-9-12(14)15-10-7-5-6-8-11-16(2,3)13/h4,9H,5-8,10-11H2,1-3H3. The van der Waals surface area contributed by atoms with Crippen LogP contribution in [-0.2, 0) is 9.53 Å². The van der Waals surface area contributed by atoms with E-state index in [4.69, 9.17) is 4.74 Å². The summed E-state index contributed by atoms with van der Waals surface area (Å²) in [5, 5.41) is 0. The first-order valence-electron chi connectivity index (χ1n) is 5.94. The highest BCUT2D eigenvalue weighted by molar-refractivity contribution is 9.26. The Morgan fingerprint density at radius 3 is 2.44 bits per heavy atom. The second-order valence-electron chi connectivity index (χ2n) is 4.55. The van der Waals surface area contributed by atoms with Crippen molar-refractivity contribution in [3.05, 3.63) is 12.2 Å². The lowest BCUT2D eigenvalue weighted by atomic mass is 10.2. The molecule has 0 heterocycles. The molecular weight excluding hydrogens is 284 g/mol. The molecule has 0 aliphatic rings. The largest absolute Gasteiger partial charge is 0.463 e. The first kappa shape index (κ1) is 15.9. The Bertz CT molecular complexity index is 222. The summed E-state index contributed by atoms with van der Waals surface area (Å²) in [6.07, 6.45) is 7.81. The van der Waals surface area contributed by atoms with Crippen molar-refractivity contribution in [3.8, 4) is 0 Å². The number of carbonyl (C=O) groups is 1. The summed E-state index contributed by atoms with van der Waals surface area (Å²) in [4.78, 5) is 11.0. The zero-order valence-corrected chi connectivity index (χ0v) is 13.2. The zero-order valence-electron chi connectivity index (χ0n) is 10.6. The number of esters is 1. The molecule has 2 nitrogen and oxygen atoms in total. The van der Waals surface area contributed by atoms with E-state index in [-0.39, 0.29) is 5.97 Å². The molecule has 0 rings (SSSR count). The van der Waals surface area contributed by atoms with E-state index in [1.54, 1.807) is 6.08 Å². The number of hydrogen-bond acceptors (Lipinski definition) is 2. The van der Waals surface area contributed by atoms with Crippen LogP contribution in [0.5, 0.6) is 0 Å². The molecule has 0 saturated carbocycles. The highest BCUT2D eigenvalue weighted by Crippen LogP contribution is 2.20. The fourth-order valence-corrected chi connectivity index (χ4v) is 3.29. The third-order valence-electron chi connectivity index (χ3n) is 2.21. The Balaban J connectivity index is 3.25. The van der Waals surface area contributed by atoms with Crippen molar-refractivity contribution >= 4 is 28.0 Å². The molecule has 0 N–H and O–H groups in total. The molecule has 0 aromatic rings. The molecule has 0 bridgehead atoms. The van der Waals surface area contributed by atoms with Gasteiger partial charge in [0.25, 0.3) is 0 Å². The number of ether oxygens (including phenoxy) is 1. The minimum absolute atomic E-state index is 0.225. The smallest absolute Gasteiger partial charge is 0.330 e. The van der Waals surface area contributed by atoms with Gasteiger partial charge in [0, 0.05) is 6.08 Å². The van der Waals surface area contributed by atoms with Gasteiger partial charge in [0.05, 0.1) is 6.61 Å². The van der Waals surface area contributed by atoms with Crippen molar-refractivity contribution in [2.24, 2.45) is 0 Å². The van der Waals surface area contributed by atoms with Crippen molar-refractivity contribution in [2.45, 2.75) is 51.7 Å². The van der Waals surface area contributed by atoms with E-state index in [9.17, 15) is 4.79 Å². The Hall–Kier alpha value is -0.0931. The fourth-order valence-electron chi connectivity index (χ4n) is 1.36. The average Bonchev–Trinajstić information content (AvgIpc) is 2.15. The molecule has 0 unspecified atom stereocenters. The van der Waals surface area contributed by atoms with Crippen LogP contribution >= 0.6 is 15.3 Å². The maximum atomic E-state index is 11.0. The highest BCUT2D eigenvalue weighted by Gasteiger charge is 2.14. The first-order valence-corrected chi connectivity index (χ1v) is 11.4. The van der Waals surface area contributed by atoms with Crippen LogP contribution < -0.4 is 0 Å². The Labute approximate surface area is 108 Å². The van der Waals surface area contributed by atoms with Crippen LogP contribution in [0.1, 0.15) is 32.6 Å². The average molecular weight is 307 g/mol. The number of rotatable bonds is 8. The number of hydrogen-bond donors (Lipinski definition) is 0. The van der Waals surface area contributed by atoms with Crippen LogP contribution in [-0.4, -0.2) is 19.3 Å². The van der Waals surface area contributed by atoms with E-state index in [1.165, 1.54) is 25.0 Å². The van der Waals surface area contributed by atoms with Gasteiger partial charge in [-0.1, -0.05) is 38.4 Å². The SMILES string of the molecule is CC=CC(=O)OCCCCCC[Si](C)(C)Br. The lowest BCUT2D eigenvalue weighted by molar-refractivity contribution is -0.137. The van der Waals surface area contributed by atoms with Crippen molar-refractivity contribution in [3.63, 3.8) is 0 Å². The van der Waals surface area contributed by atoms with Crippen molar-refractivity contribution in [1.82, 2.24) is 0 Å². The third-order valence-corrected chi connectivity index (χ3v) is 4.94. The summed E-state index contributed by atoms with van der Waals surface area (Å²) in [6, 6.07) is 1.32. The molecule has 16 heavy (non-hydrogen) atoms. The monoisotopic (exact) mass is 306 g/mol. The Morgan fingerprint density at radius 2 is 1.88 bits per heavy atom. The van der Waals surface area contributed by atoms with Crippen molar-refractivity contribution in [1.29, 1.82) is 0 Å². The second kappa shape index (κ2) is 8.99. The molecule has 0 fully saturated rings. The van der Waals surface area contributed by atoms with Gasteiger partial charge in [-0.3, -0.25) is 0 Å². The summed E-state index contributed by atoms with van der Waals surface area (Å²) >= 11 is 3.76. The molecule has 0 aromatic heterocycles. The molecule has 94 valence electrons. The van der Waals surface area contributed by atoms with E-state index in [0.29, 0.717) is 6.61 Å². The van der Waals surface area contributed by atoms with E-state index in [0.717, 1.165) is 12.8 Å². The van der Waals surface area contributed by atoms with E-state index >= 15 is 0 Å². The summed E-state index contributed by atoms with van der Waals surface area (Å²) in [6.45, 7) is 5.98. The number of unbranched alkanes of at least 4 members (excludes halogenated alkanes) is 3. The van der Waals surface area contributed by atoms with Gasteiger partial charge in [-0.2, -0.15) is 0 Å². The van der Waals surface area contributed by atoms with Crippen molar-refractivity contribution in [2.75, 3.05) is 6.61 Å². The maximum Gasteiger partial charge on any atom is 0.330 e. The summed E-state index contributed by atoms with van der Waals surface area (Å²) in [5.41, 5.74) is 0. The molecule has 0 atom stereocenters. The fraction of sp³-hybridized carbons (Fsp3) is 0.750. The maximum absolute atomic E-state index is 11.0. The molecule has 0 aliphatic heterocycles. The van der Waals surface area contributed by atoms with Gasteiger partial charge in [-0.05, 0) is 19.4 Å². The number of carbonyl (C=O) groups excluding carboxylic acids is 1. The molecule has 0 aromatic carbocycles. The van der Waals surface area contributed by atoms with Crippen LogP contribution in [0.3, 0.4) is 0 Å². The first-order chi connectivity index (χ1) is 7.45. The zero-order chi connectivity index (χ0) is 12.4. The molecule has 0 amide bonds.